The van der Waals surface area contributed by atoms with E-state index in [1.165, 1.54) is 24.3 Å². The topological polar surface area (TPSA) is 55.2 Å². The van der Waals surface area contributed by atoms with Crippen LogP contribution in [0.5, 0.6) is 0 Å². The summed E-state index contributed by atoms with van der Waals surface area (Å²) in [6.07, 6.45) is 0.733. The number of halogens is 2. The molecule has 0 unspecified atom stereocenters. The van der Waals surface area contributed by atoms with Gasteiger partial charge in [0.25, 0.3) is 0 Å². The van der Waals surface area contributed by atoms with Crippen LogP contribution in [0.3, 0.4) is 0 Å². The Bertz CT molecular complexity index is 706. The average molecular weight is 290 g/mol. The minimum Gasteiger partial charge on any atom is -0.376 e. The van der Waals surface area contributed by atoms with Crippen molar-refractivity contribution in [2.24, 2.45) is 0 Å². The van der Waals surface area contributed by atoms with Crippen LogP contribution < -0.4 is 5.32 Å². The van der Waals surface area contributed by atoms with Crippen molar-refractivity contribution < 1.29 is 13.7 Å². The van der Waals surface area contributed by atoms with Crippen LogP contribution in [-0.2, 0) is 0 Å². The van der Waals surface area contributed by atoms with Crippen LogP contribution >= 0.6 is 0 Å². The van der Waals surface area contributed by atoms with E-state index in [1.54, 1.807) is 6.07 Å². The highest BCUT2D eigenvalue weighted by Crippen LogP contribution is 2.44. The standard InChI is InChI=1S/C15H12F2N2O2/c16-10-4-1-3-9(7-10)11-8-14(11)18-13-6-2-5-12(17)15(13)19(20)21/h1-7,11,14,18H,8H2/t11-,14+/m0/s1. The Morgan fingerprint density at radius 3 is 2.67 bits per heavy atom. The van der Waals surface area contributed by atoms with Gasteiger partial charge >= 0.3 is 5.69 Å². The molecule has 0 radical (unpaired) electrons. The van der Waals surface area contributed by atoms with Crippen LogP contribution in [0.15, 0.2) is 42.5 Å². The second kappa shape index (κ2) is 5.12. The van der Waals surface area contributed by atoms with E-state index in [-0.39, 0.29) is 23.5 Å². The van der Waals surface area contributed by atoms with Crippen molar-refractivity contribution in [3.8, 4) is 0 Å². The van der Waals surface area contributed by atoms with Crippen LogP contribution in [0, 0.1) is 21.7 Å². The van der Waals surface area contributed by atoms with Gasteiger partial charge in [0.2, 0.25) is 5.82 Å². The number of anilines is 1. The van der Waals surface area contributed by atoms with Crippen LogP contribution in [0.2, 0.25) is 0 Å². The Morgan fingerprint density at radius 1 is 1.19 bits per heavy atom. The molecule has 1 N–H and O–H groups in total. The summed E-state index contributed by atoms with van der Waals surface area (Å²) >= 11 is 0. The molecule has 1 aliphatic rings. The van der Waals surface area contributed by atoms with E-state index < -0.39 is 16.4 Å². The third kappa shape index (κ3) is 2.69. The van der Waals surface area contributed by atoms with Gasteiger partial charge in [-0.1, -0.05) is 18.2 Å². The highest BCUT2D eigenvalue weighted by atomic mass is 19.1. The van der Waals surface area contributed by atoms with Gasteiger partial charge in [-0.3, -0.25) is 10.1 Å². The zero-order valence-electron chi connectivity index (χ0n) is 10.9. The number of nitrogens with zero attached hydrogens (tertiary/aromatic N) is 1. The van der Waals surface area contributed by atoms with E-state index in [9.17, 15) is 18.9 Å². The van der Waals surface area contributed by atoms with E-state index in [4.69, 9.17) is 0 Å². The van der Waals surface area contributed by atoms with Gasteiger partial charge in [-0.15, -0.1) is 0 Å². The van der Waals surface area contributed by atoms with Crippen LogP contribution in [0.25, 0.3) is 0 Å². The number of hydrogen-bond donors (Lipinski definition) is 1. The number of hydrogen-bond acceptors (Lipinski definition) is 3. The summed E-state index contributed by atoms with van der Waals surface area (Å²) in [4.78, 5) is 10.2. The molecule has 2 aromatic carbocycles. The van der Waals surface area contributed by atoms with Gasteiger partial charge in [0.05, 0.1) is 4.92 Å². The quantitative estimate of drug-likeness (QED) is 0.687. The zero-order valence-corrected chi connectivity index (χ0v) is 10.9. The first kappa shape index (κ1) is 13.5. The van der Waals surface area contributed by atoms with Crippen molar-refractivity contribution in [1.82, 2.24) is 0 Å². The summed E-state index contributed by atoms with van der Waals surface area (Å²) in [5.41, 5.74) is 0.442. The second-order valence-electron chi connectivity index (χ2n) is 5.04. The summed E-state index contributed by atoms with van der Waals surface area (Å²) in [7, 11) is 0. The predicted molar refractivity (Wildman–Crippen MR) is 74.2 cm³/mol. The molecule has 4 nitrogen and oxygen atoms in total. The van der Waals surface area contributed by atoms with E-state index in [2.05, 4.69) is 5.32 Å². The summed E-state index contributed by atoms with van der Waals surface area (Å²) < 4.78 is 26.7. The minimum atomic E-state index is -0.868. The van der Waals surface area contributed by atoms with Crippen molar-refractivity contribution in [3.05, 3.63) is 69.8 Å². The van der Waals surface area contributed by atoms with Crippen LogP contribution in [-0.4, -0.2) is 11.0 Å². The summed E-state index contributed by atoms with van der Waals surface area (Å²) in [5.74, 6) is -1.09. The van der Waals surface area contributed by atoms with Crippen molar-refractivity contribution in [1.29, 1.82) is 0 Å². The molecule has 2 atom stereocenters. The molecule has 21 heavy (non-hydrogen) atoms. The fourth-order valence-corrected chi connectivity index (χ4v) is 2.48. The lowest BCUT2D eigenvalue weighted by atomic mass is 10.1. The third-order valence-corrected chi connectivity index (χ3v) is 3.58. The maximum Gasteiger partial charge on any atom is 0.327 e. The molecule has 108 valence electrons. The Hall–Kier alpha value is -2.50. The first-order valence-electron chi connectivity index (χ1n) is 6.51. The van der Waals surface area contributed by atoms with E-state index in [1.807, 2.05) is 6.07 Å². The summed E-state index contributed by atoms with van der Waals surface area (Å²) in [6.45, 7) is 0. The van der Waals surface area contributed by atoms with E-state index in [0.717, 1.165) is 18.1 Å². The monoisotopic (exact) mass is 290 g/mol. The fraction of sp³-hybridized carbons (Fsp3) is 0.200. The SMILES string of the molecule is O=[N+]([O-])c1c(F)cccc1N[C@@H]1C[C@H]1c1cccc(F)c1. The molecule has 0 aliphatic heterocycles. The van der Waals surface area contributed by atoms with Gasteiger partial charge in [0, 0.05) is 12.0 Å². The number of nitrogens with one attached hydrogen (secondary N) is 1. The molecule has 0 spiro atoms. The molecule has 0 heterocycles. The van der Waals surface area contributed by atoms with E-state index in [0.29, 0.717) is 0 Å². The Morgan fingerprint density at radius 2 is 1.95 bits per heavy atom. The number of nitro benzene ring substituents is 1. The molecule has 1 saturated carbocycles. The minimum absolute atomic E-state index is 0.0488. The van der Waals surface area contributed by atoms with Crippen molar-refractivity contribution in [2.75, 3.05) is 5.32 Å². The third-order valence-electron chi connectivity index (χ3n) is 3.58. The first-order valence-corrected chi connectivity index (χ1v) is 6.51. The number of nitro groups is 1. The fourth-order valence-electron chi connectivity index (χ4n) is 2.48. The number of benzene rings is 2. The lowest BCUT2D eigenvalue weighted by Gasteiger charge is -2.07. The first-order chi connectivity index (χ1) is 10.1. The zero-order chi connectivity index (χ0) is 15.0. The predicted octanol–water partition coefficient (Wildman–Crippen LogP) is 3.84. The van der Waals surface area contributed by atoms with Gasteiger partial charge in [-0.2, -0.15) is 4.39 Å². The van der Waals surface area contributed by atoms with Crippen LogP contribution in [0.1, 0.15) is 17.9 Å². The van der Waals surface area contributed by atoms with Crippen LogP contribution in [0.4, 0.5) is 20.2 Å². The Labute approximate surface area is 119 Å². The molecule has 0 saturated heterocycles. The van der Waals surface area contributed by atoms with Crippen molar-refractivity contribution in [3.63, 3.8) is 0 Å². The molecule has 1 fully saturated rings. The van der Waals surface area contributed by atoms with Gasteiger partial charge in [0.15, 0.2) is 0 Å². The van der Waals surface area contributed by atoms with Gasteiger partial charge in [-0.05, 0) is 36.2 Å². The molecule has 6 heteroatoms. The smallest absolute Gasteiger partial charge is 0.327 e. The van der Waals surface area contributed by atoms with Gasteiger partial charge in [-0.25, -0.2) is 4.39 Å². The highest BCUT2D eigenvalue weighted by molar-refractivity contribution is 5.63. The molecular weight excluding hydrogens is 278 g/mol. The molecule has 2 aromatic rings. The molecule has 1 aliphatic carbocycles. The summed E-state index contributed by atoms with van der Waals surface area (Å²) in [6, 6.07) is 10.2. The van der Waals surface area contributed by atoms with Crippen molar-refractivity contribution in [2.45, 2.75) is 18.4 Å². The van der Waals surface area contributed by atoms with Gasteiger partial charge < -0.3 is 5.32 Å². The largest absolute Gasteiger partial charge is 0.376 e. The maximum absolute atomic E-state index is 13.5. The molecule has 3 rings (SSSR count). The maximum atomic E-state index is 13.5. The molecular formula is C15H12F2N2O2. The highest BCUT2D eigenvalue weighted by Gasteiger charge is 2.39. The lowest BCUT2D eigenvalue weighted by molar-refractivity contribution is -0.386. The van der Waals surface area contributed by atoms with Crippen molar-refractivity contribution >= 4 is 11.4 Å². The lowest BCUT2D eigenvalue weighted by Crippen LogP contribution is -2.07. The summed E-state index contributed by atoms with van der Waals surface area (Å²) in [5, 5.41) is 13.9. The molecule has 0 amide bonds. The average Bonchev–Trinajstić information content (AvgIpc) is 3.17. The van der Waals surface area contributed by atoms with Gasteiger partial charge in [0.1, 0.15) is 11.5 Å². The van der Waals surface area contributed by atoms with E-state index >= 15 is 0 Å². The normalized spacial score (nSPS) is 20.1. The second-order valence-corrected chi connectivity index (χ2v) is 5.04. The molecule has 0 aromatic heterocycles. The Balaban J connectivity index is 1.78. The number of rotatable bonds is 4. The Kier molecular flexibility index (Phi) is 3.29. The molecule has 0 bridgehead atoms. The number of para-hydroxylation sites is 1.